The minimum atomic E-state index is 0.324. The molecule has 3 aromatic heterocycles. The molecule has 0 saturated carbocycles. The van der Waals surface area contributed by atoms with E-state index in [1.54, 1.807) is 0 Å². The Morgan fingerprint density at radius 3 is 2.92 bits per heavy atom. The van der Waals surface area contributed by atoms with Crippen molar-refractivity contribution in [2.24, 2.45) is 0 Å². The van der Waals surface area contributed by atoms with Gasteiger partial charge in [0.2, 0.25) is 5.95 Å². The average Bonchev–Trinajstić information content (AvgIpc) is 3.05. The standard InChI is InChI=1S/C18H23N7/c1-12(2)14-10-16(21-18(19)20-14)24-8-5-6-13(11-24)17-23-22-15-7-3-4-9-25(15)17/h3-4,7,9-10,12-13H,5-6,8,11H2,1-2H3,(H2,19,20,21). The quantitative estimate of drug-likeness (QED) is 0.791. The van der Waals surface area contributed by atoms with Crippen LogP contribution < -0.4 is 10.6 Å². The molecule has 130 valence electrons. The molecule has 4 heterocycles. The van der Waals surface area contributed by atoms with Gasteiger partial charge in [-0.3, -0.25) is 4.40 Å². The van der Waals surface area contributed by atoms with E-state index in [2.05, 4.69) is 49.4 Å². The summed E-state index contributed by atoms with van der Waals surface area (Å²) in [4.78, 5) is 11.1. The predicted molar refractivity (Wildman–Crippen MR) is 97.7 cm³/mol. The number of fused-ring (bicyclic) bond motifs is 1. The third kappa shape index (κ3) is 3.01. The minimum Gasteiger partial charge on any atom is -0.368 e. The van der Waals surface area contributed by atoms with Gasteiger partial charge in [-0.05, 0) is 30.9 Å². The molecule has 2 N–H and O–H groups in total. The molecule has 0 aliphatic carbocycles. The van der Waals surface area contributed by atoms with Crippen molar-refractivity contribution >= 4 is 17.4 Å². The van der Waals surface area contributed by atoms with Crippen LogP contribution in [0.15, 0.2) is 30.5 Å². The molecule has 7 heteroatoms. The number of pyridine rings is 1. The van der Waals surface area contributed by atoms with Gasteiger partial charge in [0.25, 0.3) is 0 Å². The van der Waals surface area contributed by atoms with Crippen molar-refractivity contribution in [2.75, 3.05) is 23.7 Å². The molecule has 0 amide bonds. The summed E-state index contributed by atoms with van der Waals surface area (Å²) in [5.41, 5.74) is 7.81. The van der Waals surface area contributed by atoms with Gasteiger partial charge in [0.1, 0.15) is 11.6 Å². The lowest BCUT2D eigenvalue weighted by molar-refractivity contribution is 0.485. The van der Waals surface area contributed by atoms with Crippen molar-refractivity contribution in [1.82, 2.24) is 24.6 Å². The molecule has 0 bridgehead atoms. The highest BCUT2D eigenvalue weighted by atomic mass is 15.3. The van der Waals surface area contributed by atoms with Gasteiger partial charge in [0.05, 0.1) is 5.69 Å². The zero-order valence-electron chi connectivity index (χ0n) is 14.6. The van der Waals surface area contributed by atoms with E-state index < -0.39 is 0 Å². The number of aromatic nitrogens is 5. The van der Waals surface area contributed by atoms with Crippen LogP contribution in [0.3, 0.4) is 0 Å². The molecule has 1 atom stereocenters. The third-order valence-corrected chi connectivity index (χ3v) is 4.79. The molecule has 4 rings (SSSR count). The van der Waals surface area contributed by atoms with Gasteiger partial charge in [-0.15, -0.1) is 10.2 Å². The van der Waals surface area contributed by atoms with E-state index in [-0.39, 0.29) is 0 Å². The molecule has 25 heavy (non-hydrogen) atoms. The van der Waals surface area contributed by atoms with Gasteiger partial charge in [-0.25, -0.2) is 4.98 Å². The van der Waals surface area contributed by atoms with Gasteiger partial charge in [0.15, 0.2) is 5.65 Å². The Balaban J connectivity index is 1.63. The SMILES string of the molecule is CC(C)c1cc(N2CCCC(c3nnc4ccccn34)C2)nc(N)n1. The molecule has 3 aromatic rings. The van der Waals surface area contributed by atoms with Gasteiger partial charge in [-0.2, -0.15) is 4.98 Å². The van der Waals surface area contributed by atoms with Gasteiger partial charge < -0.3 is 10.6 Å². The van der Waals surface area contributed by atoms with Crippen molar-refractivity contribution in [2.45, 2.75) is 38.5 Å². The monoisotopic (exact) mass is 337 g/mol. The van der Waals surface area contributed by atoms with E-state index in [0.29, 0.717) is 17.8 Å². The molecule has 0 spiro atoms. The highest BCUT2D eigenvalue weighted by Gasteiger charge is 2.26. The van der Waals surface area contributed by atoms with Crippen LogP contribution in [-0.2, 0) is 0 Å². The zero-order valence-corrected chi connectivity index (χ0v) is 14.6. The summed E-state index contributed by atoms with van der Waals surface area (Å²) in [6, 6.07) is 8.04. The topological polar surface area (TPSA) is 85.2 Å². The summed E-state index contributed by atoms with van der Waals surface area (Å²) < 4.78 is 2.09. The second-order valence-electron chi connectivity index (χ2n) is 6.94. The maximum absolute atomic E-state index is 5.93. The van der Waals surface area contributed by atoms with Gasteiger partial charge >= 0.3 is 0 Å². The number of rotatable bonds is 3. The first-order valence-electron chi connectivity index (χ1n) is 8.81. The fourth-order valence-corrected chi connectivity index (χ4v) is 3.46. The largest absolute Gasteiger partial charge is 0.368 e. The number of piperidine rings is 1. The highest BCUT2D eigenvalue weighted by molar-refractivity contribution is 5.45. The first-order valence-corrected chi connectivity index (χ1v) is 8.81. The molecule has 1 aliphatic rings. The number of hydrogen-bond acceptors (Lipinski definition) is 6. The lowest BCUT2D eigenvalue weighted by atomic mass is 9.97. The maximum atomic E-state index is 5.93. The molecule has 1 saturated heterocycles. The molecule has 1 unspecified atom stereocenters. The summed E-state index contributed by atoms with van der Waals surface area (Å²) in [5.74, 6) is 2.92. The molecular formula is C18H23N7. The Morgan fingerprint density at radius 1 is 1.20 bits per heavy atom. The average molecular weight is 337 g/mol. The lowest BCUT2D eigenvalue weighted by Crippen LogP contribution is -2.36. The summed E-state index contributed by atoms with van der Waals surface area (Å²) in [6.45, 7) is 6.07. The van der Waals surface area contributed by atoms with Crippen LogP contribution in [0.5, 0.6) is 0 Å². The first-order chi connectivity index (χ1) is 12.1. The van der Waals surface area contributed by atoms with Crippen molar-refractivity contribution < 1.29 is 0 Å². The Morgan fingerprint density at radius 2 is 2.08 bits per heavy atom. The summed E-state index contributed by atoms with van der Waals surface area (Å²) in [6.07, 6.45) is 4.22. The number of anilines is 2. The molecule has 1 aliphatic heterocycles. The van der Waals surface area contributed by atoms with Crippen LogP contribution in [0.1, 0.15) is 50.0 Å². The van der Waals surface area contributed by atoms with Crippen LogP contribution in [0.25, 0.3) is 5.65 Å². The number of nitrogen functional groups attached to an aromatic ring is 1. The Kier molecular flexibility index (Phi) is 3.99. The summed E-state index contributed by atoms with van der Waals surface area (Å²) in [7, 11) is 0. The minimum absolute atomic E-state index is 0.324. The van der Waals surface area contributed by atoms with Crippen LogP contribution in [0.4, 0.5) is 11.8 Å². The van der Waals surface area contributed by atoms with E-state index in [1.807, 2.05) is 24.4 Å². The smallest absolute Gasteiger partial charge is 0.222 e. The molecule has 7 nitrogen and oxygen atoms in total. The van der Waals surface area contributed by atoms with Crippen LogP contribution >= 0.6 is 0 Å². The molecule has 0 aromatic carbocycles. The fraction of sp³-hybridized carbons (Fsp3) is 0.444. The molecular weight excluding hydrogens is 314 g/mol. The summed E-state index contributed by atoms with van der Waals surface area (Å²) in [5, 5.41) is 8.73. The Bertz CT molecular complexity index is 886. The van der Waals surface area contributed by atoms with Crippen LogP contribution in [0, 0.1) is 0 Å². The first kappa shape index (κ1) is 15.8. The van der Waals surface area contributed by atoms with Crippen LogP contribution in [-0.4, -0.2) is 37.7 Å². The number of hydrogen-bond donors (Lipinski definition) is 1. The summed E-state index contributed by atoms with van der Waals surface area (Å²) >= 11 is 0. The van der Waals surface area contributed by atoms with E-state index in [9.17, 15) is 0 Å². The Hall–Kier alpha value is -2.70. The van der Waals surface area contributed by atoms with E-state index in [4.69, 9.17) is 5.73 Å². The number of nitrogens with zero attached hydrogens (tertiary/aromatic N) is 6. The predicted octanol–water partition coefficient (Wildman–Crippen LogP) is 2.61. The highest BCUT2D eigenvalue weighted by Crippen LogP contribution is 2.29. The molecule has 0 radical (unpaired) electrons. The fourth-order valence-electron chi connectivity index (χ4n) is 3.46. The second-order valence-corrected chi connectivity index (χ2v) is 6.94. The third-order valence-electron chi connectivity index (χ3n) is 4.79. The zero-order chi connectivity index (χ0) is 17.4. The van der Waals surface area contributed by atoms with E-state index in [0.717, 1.165) is 48.9 Å². The number of nitrogens with two attached hydrogens (primary N) is 1. The van der Waals surface area contributed by atoms with E-state index in [1.165, 1.54) is 0 Å². The molecule has 1 fully saturated rings. The Labute approximate surface area is 146 Å². The van der Waals surface area contributed by atoms with Crippen LogP contribution in [0.2, 0.25) is 0 Å². The van der Waals surface area contributed by atoms with E-state index >= 15 is 0 Å². The van der Waals surface area contributed by atoms with Gasteiger partial charge in [-0.1, -0.05) is 19.9 Å². The van der Waals surface area contributed by atoms with Gasteiger partial charge in [0, 0.05) is 31.3 Å². The lowest BCUT2D eigenvalue weighted by Gasteiger charge is -2.33. The normalized spacial score (nSPS) is 18.2. The second kappa shape index (κ2) is 6.31. The maximum Gasteiger partial charge on any atom is 0.222 e. The van der Waals surface area contributed by atoms with Crippen molar-refractivity contribution in [3.05, 3.63) is 42.0 Å². The van der Waals surface area contributed by atoms with Crippen molar-refractivity contribution in [1.29, 1.82) is 0 Å². The van der Waals surface area contributed by atoms with Crippen molar-refractivity contribution in [3.8, 4) is 0 Å². The van der Waals surface area contributed by atoms with Crippen molar-refractivity contribution in [3.63, 3.8) is 0 Å².